The molecule has 3 aromatic rings. The monoisotopic (exact) mass is 572 g/mol. The molecule has 0 heterocycles. The van der Waals surface area contributed by atoms with E-state index in [4.69, 9.17) is 11.1 Å². The van der Waals surface area contributed by atoms with Gasteiger partial charge in [-0.3, -0.25) is 10.2 Å². The van der Waals surface area contributed by atoms with E-state index in [1.54, 1.807) is 36.4 Å². The highest BCUT2D eigenvalue weighted by Gasteiger charge is 2.25. The molecule has 0 bridgehead atoms. The number of amidine groups is 1. The molecular formula is C26H28N4O7S2. The fourth-order valence-electron chi connectivity index (χ4n) is 3.48. The second-order valence-electron chi connectivity index (χ2n) is 9.02. The van der Waals surface area contributed by atoms with Gasteiger partial charge in [-0.1, -0.05) is 38.1 Å². The van der Waals surface area contributed by atoms with Gasteiger partial charge in [0.1, 0.15) is 5.84 Å². The van der Waals surface area contributed by atoms with Crippen molar-refractivity contribution in [1.29, 1.82) is 5.41 Å². The molecule has 0 aromatic heterocycles. The summed E-state index contributed by atoms with van der Waals surface area (Å²) in [7, 11) is -8.28. The van der Waals surface area contributed by atoms with E-state index in [2.05, 4.69) is 14.2 Å². The number of rotatable bonds is 10. The summed E-state index contributed by atoms with van der Waals surface area (Å²) in [6, 6.07) is 16.1. The van der Waals surface area contributed by atoms with Crippen molar-refractivity contribution in [1.82, 2.24) is 4.72 Å². The van der Waals surface area contributed by atoms with E-state index in [1.165, 1.54) is 24.3 Å². The van der Waals surface area contributed by atoms with Gasteiger partial charge in [-0.15, -0.1) is 0 Å². The Morgan fingerprint density at radius 1 is 0.923 bits per heavy atom. The highest BCUT2D eigenvalue weighted by atomic mass is 32.2. The highest BCUT2D eigenvalue weighted by Crippen LogP contribution is 2.31. The number of sulfonamides is 1. The van der Waals surface area contributed by atoms with E-state index in [0.29, 0.717) is 17.5 Å². The molecule has 0 spiro atoms. The summed E-state index contributed by atoms with van der Waals surface area (Å²) in [6.45, 7) is 3.78. The lowest BCUT2D eigenvalue weighted by atomic mass is 9.95. The van der Waals surface area contributed by atoms with Crippen LogP contribution in [-0.4, -0.2) is 47.3 Å². The van der Waals surface area contributed by atoms with Gasteiger partial charge in [-0.2, -0.15) is 8.42 Å². The maximum Gasteiger partial charge on any atom is 0.354 e. The molecular weight excluding hydrogens is 544 g/mol. The van der Waals surface area contributed by atoms with Crippen LogP contribution in [0.2, 0.25) is 0 Å². The third-order valence-corrected chi connectivity index (χ3v) is 7.22. The lowest BCUT2D eigenvalue weighted by molar-refractivity contribution is 0.0748. The smallest absolute Gasteiger partial charge is 0.354 e. The second-order valence-corrected chi connectivity index (χ2v) is 12.4. The Morgan fingerprint density at radius 2 is 1.54 bits per heavy atom. The summed E-state index contributed by atoms with van der Waals surface area (Å²) >= 11 is 0. The summed E-state index contributed by atoms with van der Waals surface area (Å²) in [5.74, 6) is -1.98. The zero-order valence-electron chi connectivity index (χ0n) is 21.4. The number of carbonyl (C=O) groups is 2. The van der Waals surface area contributed by atoms with Crippen LogP contribution in [0, 0.1) is 11.3 Å². The lowest BCUT2D eigenvalue weighted by Gasteiger charge is -2.15. The van der Waals surface area contributed by atoms with Gasteiger partial charge < -0.3 is 15.2 Å². The predicted octanol–water partition coefficient (Wildman–Crippen LogP) is 2.94. The third-order valence-electron chi connectivity index (χ3n) is 5.35. The summed E-state index contributed by atoms with van der Waals surface area (Å²) in [5.41, 5.74) is 6.42. The van der Waals surface area contributed by atoms with Gasteiger partial charge in [0.2, 0.25) is 10.0 Å². The Morgan fingerprint density at radius 3 is 2.13 bits per heavy atom. The lowest BCUT2D eigenvalue weighted by Crippen LogP contribution is -2.27. The minimum atomic E-state index is -4.23. The van der Waals surface area contributed by atoms with Crippen molar-refractivity contribution in [3.8, 4) is 11.1 Å². The zero-order valence-corrected chi connectivity index (χ0v) is 23.0. The Kier molecular flexibility index (Phi) is 8.89. The van der Waals surface area contributed by atoms with Gasteiger partial charge in [0.25, 0.3) is 5.91 Å². The molecule has 0 aliphatic heterocycles. The summed E-state index contributed by atoms with van der Waals surface area (Å²) in [4.78, 5) is 25.9. The molecule has 1 amide bonds. The van der Waals surface area contributed by atoms with Gasteiger partial charge in [0.05, 0.1) is 16.7 Å². The number of amides is 1. The van der Waals surface area contributed by atoms with Crippen LogP contribution in [0.5, 0.6) is 0 Å². The maximum absolute atomic E-state index is 13.2. The van der Waals surface area contributed by atoms with Crippen LogP contribution in [0.15, 0.2) is 71.6 Å². The van der Waals surface area contributed by atoms with Gasteiger partial charge in [-0.05, 0) is 59.5 Å². The number of nitrogen functional groups attached to an aromatic ring is 1. The van der Waals surface area contributed by atoms with E-state index in [0.717, 1.165) is 6.07 Å². The molecule has 0 saturated carbocycles. The van der Waals surface area contributed by atoms with Crippen LogP contribution in [-0.2, 0) is 24.3 Å². The van der Waals surface area contributed by atoms with Crippen molar-refractivity contribution in [2.75, 3.05) is 18.1 Å². The molecule has 0 aliphatic carbocycles. The Hall–Kier alpha value is -4.07. The quantitative estimate of drug-likeness (QED) is 0.162. The van der Waals surface area contributed by atoms with Gasteiger partial charge in [0.15, 0.2) is 0 Å². The third kappa shape index (κ3) is 7.72. The van der Waals surface area contributed by atoms with E-state index in [9.17, 15) is 26.4 Å². The number of anilines is 1. The van der Waals surface area contributed by atoms with Crippen LogP contribution in [0.3, 0.4) is 0 Å². The van der Waals surface area contributed by atoms with Crippen LogP contribution in [0.25, 0.3) is 11.1 Å². The number of hydrogen-bond donors (Lipinski definition) is 4. The summed E-state index contributed by atoms with van der Waals surface area (Å²) in [6.07, 6.45) is 0.689. The van der Waals surface area contributed by atoms with E-state index in [-0.39, 0.29) is 45.4 Å². The van der Waals surface area contributed by atoms with Crippen molar-refractivity contribution in [3.63, 3.8) is 0 Å². The molecule has 0 fully saturated rings. The van der Waals surface area contributed by atoms with Crippen LogP contribution >= 0.6 is 0 Å². The number of nitrogens with two attached hydrogens (primary N) is 1. The molecule has 0 unspecified atom stereocenters. The topological polar surface area (TPSA) is 186 Å². The minimum Gasteiger partial charge on any atom is -0.384 e. The number of carbonyl (C=O) groups excluding carboxylic acids is 2. The SMILES string of the molecule is CC(C)CNS(=O)(=O)c1ccc(-c2ccccc2C(=O)Nc2ccc(C(=N)N)cc2)c(C(=O)OS(C)(=O)=O)c1. The van der Waals surface area contributed by atoms with Gasteiger partial charge in [0, 0.05) is 23.4 Å². The number of nitrogens with one attached hydrogen (secondary N) is 3. The van der Waals surface area contributed by atoms with Crippen LogP contribution in [0.1, 0.15) is 40.1 Å². The van der Waals surface area contributed by atoms with Crippen molar-refractivity contribution < 1.29 is 30.6 Å². The maximum atomic E-state index is 13.2. The molecule has 0 saturated heterocycles. The van der Waals surface area contributed by atoms with Crippen LogP contribution in [0.4, 0.5) is 5.69 Å². The first kappa shape index (κ1) is 29.5. The second kappa shape index (κ2) is 11.8. The summed E-state index contributed by atoms with van der Waals surface area (Å²) in [5, 5.41) is 10.2. The first-order valence-electron chi connectivity index (χ1n) is 11.6. The standard InChI is InChI=1S/C26H28N4O7S2/c1-16(2)15-29-39(35,36)19-12-13-21(23(14-19)26(32)37-38(3,33)34)20-6-4-5-7-22(20)25(31)30-18-10-8-17(9-11-18)24(27)28/h4-14,16,29H,15H2,1-3H3,(H3,27,28)(H,30,31). The fourth-order valence-corrected chi connectivity index (χ4v) is 5.09. The first-order valence-corrected chi connectivity index (χ1v) is 14.9. The molecule has 5 N–H and O–H groups in total. The largest absolute Gasteiger partial charge is 0.384 e. The molecule has 3 aromatic carbocycles. The van der Waals surface area contributed by atoms with Crippen LogP contribution < -0.4 is 15.8 Å². The molecule has 0 aliphatic rings. The predicted molar refractivity (Wildman–Crippen MR) is 148 cm³/mol. The molecule has 206 valence electrons. The molecule has 0 atom stereocenters. The summed E-state index contributed by atoms with van der Waals surface area (Å²) < 4.78 is 56.1. The first-order chi connectivity index (χ1) is 18.2. The van der Waals surface area contributed by atoms with Crippen molar-refractivity contribution >= 4 is 43.5 Å². The molecule has 0 radical (unpaired) electrons. The van der Waals surface area contributed by atoms with E-state index >= 15 is 0 Å². The Labute approximate surface area is 227 Å². The van der Waals surface area contributed by atoms with Crippen molar-refractivity contribution in [2.45, 2.75) is 18.7 Å². The average molecular weight is 573 g/mol. The molecule has 11 nitrogen and oxygen atoms in total. The van der Waals surface area contributed by atoms with E-state index in [1.807, 2.05) is 13.8 Å². The highest BCUT2D eigenvalue weighted by molar-refractivity contribution is 7.89. The fraction of sp³-hybridized carbons (Fsp3) is 0.192. The van der Waals surface area contributed by atoms with Crippen molar-refractivity contribution in [3.05, 3.63) is 83.4 Å². The number of benzene rings is 3. The van der Waals surface area contributed by atoms with E-state index < -0.39 is 32.0 Å². The van der Waals surface area contributed by atoms with Gasteiger partial charge >= 0.3 is 16.1 Å². The zero-order chi connectivity index (χ0) is 29.0. The number of hydrogen-bond acceptors (Lipinski definition) is 8. The molecule has 3 rings (SSSR count). The van der Waals surface area contributed by atoms with Gasteiger partial charge in [-0.25, -0.2) is 17.9 Å². The normalized spacial score (nSPS) is 11.7. The molecule has 13 heteroatoms. The Bertz CT molecular complexity index is 1630. The average Bonchev–Trinajstić information content (AvgIpc) is 2.86. The van der Waals surface area contributed by atoms with Crippen molar-refractivity contribution in [2.24, 2.45) is 11.7 Å². The molecule has 39 heavy (non-hydrogen) atoms. The Balaban J connectivity index is 2.09. The minimum absolute atomic E-state index is 0.0118.